The van der Waals surface area contributed by atoms with Crippen LogP contribution < -0.4 is 10.9 Å². The molecule has 0 saturated heterocycles. The molecule has 0 saturated carbocycles. The first kappa shape index (κ1) is 19.2. The summed E-state index contributed by atoms with van der Waals surface area (Å²) >= 11 is 1.37. The number of amides is 1. The number of ether oxygens (including phenoxy) is 1. The van der Waals surface area contributed by atoms with Gasteiger partial charge in [0.15, 0.2) is 0 Å². The summed E-state index contributed by atoms with van der Waals surface area (Å²) < 4.78 is 6.57. The molecular weight excluding hydrogens is 364 g/mol. The van der Waals surface area contributed by atoms with Crippen molar-refractivity contribution < 1.29 is 9.53 Å². The van der Waals surface area contributed by atoms with Crippen molar-refractivity contribution in [3.63, 3.8) is 0 Å². The van der Waals surface area contributed by atoms with E-state index in [4.69, 9.17) is 4.74 Å². The first-order chi connectivity index (χ1) is 13.0. The van der Waals surface area contributed by atoms with Crippen LogP contribution in [0.5, 0.6) is 0 Å². The summed E-state index contributed by atoms with van der Waals surface area (Å²) in [6, 6.07) is 7.10. The lowest BCUT2D eigenvalue weighted by Crippen LogP contribution is -2.25. The minimum absolute atomic E-state index is 0.144. The van der Waals surface area contributed by atoms with Crippen LogP contribution in [0.1, 0.15) is 29.2 Å². The Balaban J connectivity index is 1.94. The van der Waals surface area contributed by atoms with E-state index in [-0.39, 0.29) is 11.5 Å². The number of nitrogens with one attached hydrogen (secondary N) is 1. The molecule has 1 amide bonds. The van der Waals surface area contributed by atoms with Gasteiger partial charge in [0.05, 0.1) is 12.2 Å². The van der Waals surface area contributed by atoms with E-state index in [1.165, 1.54) is 15.9 Å². The molecular formula is C19H22N4O3S. The van der Waals surface area contributed by atoms with Crippen molar-refractivity contribution in [1.82, 2.24) is 14.8 Å². The molecule has 0 aliphatic carbocycles. The Morgan fingerprint density at radius 1 is 1.26 bits per heavy atom. The summed E-state index contributed by atoms with van der Waals surface area (Å²) in [6.45, 7) is 4.97. The maximum absolute atomic E-state index is 12.9. The number of aromatic nitrogens is 3. The number of rotatable bonds is 7. The molecule has 7 nitrogen and oxygen atoms in total. The van der Waals surface area contributed by atoms with Crippen LogP contribution >= 0.6 is 11.3 Å². The number of carbonyl (C=O) groups is 1. The minimum Gasteiger partial charge on any atom is -0.383 e. The van der Waals surface area contributed by atoms with Crippen molar-refractivity contribution in [2.75, 3.05) is 19.0 Å². The van der Waals surface area contributed by atoms with Gasteiger partial charge in [-0.3, -0.25) is 14.9 Å². The van der Waals surface area contributed by atoms with Gasteiger partial charge in [-0.1, -0.05) is 43.4 Å². The molecule has 2 heterocycles. The van der Waals surface area contributed by atoms with Gasteiger partial charge < -0.3 is 9.30 Å². The van der Waals surface area contributed by atoms with E-state index in [9.17, 15) is 9.59 Å². The average Bonchev–Trinajstić information content (AvgIpc) is 3.07. The van der Waals surface area contributed by atoms with Crippen LogP contribution in [0, 0.1) is 5.92 Å². The Hall–Kier alpha value is -2.58. The van der Waals surface area contributed by atoms with Crippen LogP contribution in [0.4, 0.5) is 5.13 Å². The number of hydrogen-bond acceptors (Lipinski definition) is 6. The Morgan fingerprint density at radius 2 is 2.00 bits per heavy atom. The van der Waals surface area contributed by atoms with Crippen molar-refractivity contribution >= 4 is 33.1 Å². The summed E-state index contributed by atoms with van der Waals surface area (Å²) in [4.78, 5) is 25.5. The van der Waals surface area contributed by atoms with E-state index in [0.717, 1.165) is 11.4 Å². The zero-order valence-electron chi connectivity index (χ0n) is 15.6. The molecule has 2 aromatic heterocycles. The highest BCUT2D eigenvalue weighted by atomic mass is 32.1. The number of benzene rings is 1. The van der Waals surface area contributed by atoms with Crippen LogP contribution in [0.15, 0.2) is 35.3 Å². The second kappa shape index (κ2) is 8.41. The topological polar surface area (TPSA) is 86.1 Å². The monoisotopic (exact) mass is 386 g/mol. The van der Waals surface area contributed by atoms with E-state index in [1.807, 2.05) is 6.07 Å². The van der Waals surface area contributed by atoms with E-state index in [1.54, 1.807) is 31.5 Å². The van der Waals surface area contributed by atoms with Crippen LogP contribution in [0.3, 0.4) is 0 Å². The van der Waals surface area contributed by atoms with Gasteiger partial charge in [-0.05, 0) is 12.0 Å². The Bertz CT molecular complexity index is 1010. The summed E-state index contributed by atoms with van der Waals surface area (Å²) in [6.07, 6.45) is 2.40. The molecule has 3 rings (SSSR count). The summed E-state index contributed by atoms with van der Waals surface area (Å²) in [5, 5.41) is 13.4. The lowest BCUT2D eigenvalue weighted by Gasteiger charge is -2.11. The molecule has 0 radical (unpaired) electrons. The highest BCUT2D eigenvalue weighted by Crippen LogP contribution is 2.21. The van der Waals surface area contributed by atoms with E-state index >= 15 is 0 Å². The molecule has 27 heavy (non-hydrogen) atoms. The van der Waals surface area contributed by atoms with E-state index in [0.29, 0.717) is 40.5 Å². The zero-order chi connectivity index (χ0) is 19.4. The Morgan fingerprint density at radius 3 is 2.70 bits per heavy atom. The average molecular weight is 386 g/mol. The third-order valence-electron chi connectivity index (χ3n) is 4.04. The highest BCUT2D eigenvalue weighted by Gasteiger charge is 2.16. The second-order valence-corrected chi connectivity index (χ2v) is 7.69. The highest BCUT2D eigenvalue weighted by molar-refractivity contribution is 7.15. The number of hydrogen-bond donors (Lipinski definition) is 1. The molecule has 8 heteroatoms. The predicted octanol–water partition coefficient (Wildman–Crippen LogP) is 2.95. The van der Waals surface area contributed by atoms with Crippen molar-refractivity contribution in [2.45, 2.75) is 26.8 Å². The summed E-state index contributed by atoms with van der Waals surface area (Å²) in [5.41, 5.74) is 0.274. The van der Waals surface area contributed by atoms with Crippen molar-refractivity contribution in [2.24, 2.45) is 5.92 Å². The Kier molecular flexibility index (Phi) is 5.98. The van der Waals surface area contributed by atoms with Gasteiger partial charge in [-0.2, -0.15) is 0 Å². The number of nitrogens with zero attached hydrogens (tertiary/aromatic N) is 3. The Labute approximate surface area is 161 Å². The molecule has 0 bridgehead atoms. The number of anilines is 1. The quantitative estimate of drug-likeness (QED) is 0.675. The molecule has 0 aliphatic rings. The fraction of sp³-hybridized carbons (Fsp3) is 0.368. The lowest BCUT2D eigenvalue weighted by atomic mass is 10.1. The SMILES string of the molecule is COCCn1cc(C(=O)Nc2nnc(CC(C)C)s2)c2ccccc2c1=O. The van der Waals surface area contributed by atoms with Crippen LogP contribution in [-0.4, -0.2) is 34.4 Å². The summed E-state index contributed by atoms with van der Waals surface area (Å²) in [7, 11) is 1.57. The molecule has 0 fully saturated rings. The van der Waals surface area contributed by atoms with Crippen molar-refractivity contribution in [3.8, 4) is 0 Å². The van der Waals surface area contributed by atoms with Gasteiger partial charge in [0, 0.05) is 37.0 Å². The molecule has 1 aromatic carbocycles. The predicted molar refractivity (Wildman–Crippen MR) is 106 cm³/mol. The summed E-state index contributed by atoms with van der Waals surface area (Å²) in [5.74, 6) is 0.152. The lowest BCUT2D eigenvalue weighted by molar-refractivity contribution is 0.102. The smallest absolute Gasteiger partial charge is 0.259 e. The third kappa shape index (κ3) is 4.40. The molecule has 0 aliphatic heterocycles. The van der Waals surface area contributed by atoms with E-state index < -0.39 is 0 Å². The fourth-order valence-electron chi connectivity index (χ4n) is 2.78. The van der Waals surface area contributed by atoms with Gasteiger partial charge >= 0.3 is 0 Å². The van der Waals surface area contributed by atoms with Gasteiger partial charge in [0.25, 0.3) is 11.5 Å². The van der Waals surface area contributed by atoms with Crippen LogP contribution in [0.2, 0.25) is 0 Å². The fourth-order valence-corrected chi connectivity index (χ4v) is 3.73. The largest absolute Gasteiger partial charge is 0.383 e. The van der Waals surface area contributed by atoms with E-state index in [2.05, 4.69) is 29.4 Å². The van der Waals surface area contributed by atoms with Gasteiger partial charge in [-0.25, -0.2) is 0 Å². The van der Waals surface area contributed by atoms with Gasteiger partial charge in [0.1, 0.15) is 5.01 Å². The standard InChI is InChI=1S/C19H22N4O3S/c1-12(2)10-16-21-22-19(27-16)20-17(24)15-11-23(8-9-26-3)18(25)14-7-5-4-6-13(14)15/h4-7,11-12H,8-10H2,1-3H3,(H,20,22,24). The maximum atomic E-state index is 12.9. The van der Waals surface area contributed by atoms with Crippen LogP contribution in [0.25, 0.3) is 10.8 Å². The number of fused-ring (bicyclic) bond motifs is 1. The molecule has 3 aromatic rings. The van der Waals surface area contributed by atoms with Crippen molar-refractivity contribution in [1.29, 1.82) is 0 Å². The molecule has 0 atom stereocenters. The molecule has 1 N–H and O–H groups in total. The van der Waals surface area contributed by atoms with Gasteiger partial charge in [-0.15, -0.1) is 10.2 Å². The van der Waals surface area contributed by atoms with Gasteiger partial charge in [0.2, 0.25) is 5.13 Å². The number of carbonyl (C=O) groups excluding carboxylic acids is 1. The second-order valence-electron chi connectivity index (χ2n) is 6.63. The molecule has 0 unspecified atom stereocenters. The first-order valence-corrected chi connectivity index (χ1v) is 9.56. The third-order valence-corrected chi connectivity index (χ3v) is 4.91. The minimum atomic E-state index is -0.315. The number of pyridine rings is 1. The van der Waals surface area contributed by atoms with Crippen molar-refractivity contribution in [3.05, 3.63) is 51.4 Å². The first-order valence-electron chi connectivity index (χ1n) is 8.74. The molecule has 142 valence electrons. The maximum Gasteiger partial charge on any atom is 0.259 e. The number of methoxy groups -OCH3 is 1. The normalized spacial score (nSPS) is 11.3. The molecule has 0 spiro atoms. The van der Waals surface area contributed by atoms with Crippen LogP contribution in [-0.2, 0) is 17.7 Å². The zero-order valence-corrected chi connectivity index (χ0v) is 16.4.